The van der Waals surface area contributed by atoms with Crippen LogP contribution in [-0.4, -0.2) is 50.6 Å². The fourth-order valence-electron chi connectivity index (χ4n) is 5.91. The Morgan fingerprint density at radius 2 is 1.91 bits per heavy atom. The molecule has 2 atom stereocenters. The summed E-state index contributed by atoms with van der Waals surface area (Å²) in [6.07, 6.45) is 5.32. The number of carbonyl (C=O) groups is 3. The maximum atomic E-state index is 11.9. The number of amides is 3. The predicted molar refractivity (Wildman–Crippen MR) is 170 cm³/mol. The minimum atomic E-state index is -0.370. The molecule has 5 heterocycles. The van der Waals surface area contributed by atoms with Crippen LogP contribution in [0.15, 0.2) is 42.6 Å². The number of hydrogen-bond acceptors (Lipinski definition) is 9. The Morgan fingerprint density at radius 1 is 1.07 bits per heavy atom. The largest absolute Gasteiger partial charge is 0.399 e. The Balaban J connectivity index is 0.000000162. The average molecular weight is 616 g/mol. The highest BCUT2D eigenvalue weighted by atomic mass is 35.5. The zero-order chi connectivity index (χ0) is 31.0. The third-order valence-corrected chi connectivity index (χ3v) is 8.42. The van der Waals surface area contributed by atoms with Gasteiger partial charge in [0.1, 0.15) is 5.02 Å². The van der Waals surface area contributed by atoms with E-state index in [1.54, 1.807) is 16.9 Å². The molecule has 3 amide bonds. The van der Waals surface area contributed by atoms with Crippen molar-refractivity contribution >= 4 is 69.1 Å². The SMILES string of the molecule is CC1CCCN(c2ncc(Cl)c(Nc3ccc4c(c3)NC(=O)C4)n2)C1.Cn1nc(C2CCC(=O)NC2=O)c2ccc(N)cc21. The van der Waals surface area contributed by atoms with E-state index in [9.17, 15) is 14.4 Å². The summed E-state index contributed by atoms with van der Waals surface area (Å²) in [6.45, 7) is 4.18. The first kappa shape index (κ1) is 29.4. The van der Waals surface area contributed by atoms with Crippen LogP contribution in [0, 0.1) is 5.92 Å². The number of aromatic nitrogens is 4. The van der Waals surface area contributed by atoms with Gasteiger partial charge in [0.25, 0.3) is 0 Å². The topological polar surface area (TPSA) is 160 Å². The van der Waals surface area contributed by atoms with Crippen LogP contribution in [-0.2, 0) is 27.9 Å². The van der Waals surface area contributed by atoms with Gasteiger partial charge in [0.2, 0.25) is 23.7 Å². The molecule has 0 bridgehead atoms. The van der Waals surface area contributed by atoms with Gasteiger partial charge in [-0.05, 0) is 61.1 Å². The molecule has 228 valence electrons. The molecule has 2 aromatic heterocycles. The summed E-state index contributed by atoms with van der Waals surface area (Å²) in [5.41, 5.74) is 10.7. The van der Waals surface area contributed by atoms with Gasteiger partial charge in [-0.3, -0.25) is 24.4 Å². The number of carbonyl (C=O) groups excluding carboxylic acids is 3. The molecule has 3 aliphatic rings. The molecule has 7 rings (SSSR count). The summed E-state index contributed by atoms with van der Waals surface area (Å²) in [5.74, 6) is 1.09. The number of imide groups is 1. The molecule has 0 radical (unpaired) electrons. The Hall–Kier alpha value is -4.71. The van der Waals surface area contributed by atoms with Crippen LogP contribution in [0.1, 0.15) is 49.8 Å². The van der Waals surface area contributed by atoms with E-state index >= 15 is 0 Å². The third-order valence-electron chi connectivity index (χ3n) is 8.14. The summed E-state index contributed by atoms with van der Waals surface area (Å²) >= 11 is 6.28. The quantitative estimate of drug-likeness (QED) is 0.194. The number of aryl methyl sites for hydroxylation is 1. The molecule has 3 aliphatic heterocycles. The van der Waals surface area contributed by atoms with Crippen molar-refractivity contribution in [3.8, 4) is 0 Å². The number of nitrogen functional groups attached to an aromatic ring is 1. The van der Waals surface area contributed by atoms with Gasteiger partial charge < -0.3 is 21.3 Å². The van der Waals surface area contributed by atoms with Crippen LogP contribution in [0.2, 0.25) is 5.02 Å². The van der Waals surface area contributed by atoms with E-state index in [2.05, 4.69) is 42.8 Å². The van der Waals surface area contributed by atoms with Crippen LogP contribution in [0.5, 0.6) is 0 Å². The lowest BCUT2D eigenvalue weighted by atomic mass is 9.93. The fourth-order valence-corrected chi connectivity index (χ4v) is 6.05. The van der Waals surface area contributed by atoms with E-state index in [1.807, 2.05) is 37.4 Å². The summed E-state index contributed by atoms with van der Waals surface area (Å²) in [7, 11) is 1.82. The van der Waals surface area contributed by atoms with Gasteiger partial charge in [0, 0.05) is 49.0 Å². The molecule has 13 heteroatoms. The molecule has 2 aromatic carbocycles. The van der Waals surface area contributed by atoms with E-state index in [4.69, 9.17) is 17.3 Å². The van der Waals surface area contributed by atoms with Crippen LogP contribution in [0.25, 0.3) is 10.9 Å². The van der Waals surface area contributed by atoms with E-state index in [-0.39, 0.29) is 23.6 Å². The summed E-state index contributed by atoms with van der Waals surface area (Å²) in [5, 5.41) is 14.3. The molecule has 0 aliphatic carbocycles. The molecule has 2 fully saturated rings. The lowest BCUT2D eigenvalue weighted by Crippen LogP contribution is -2.39. The molecular weight excluding hydrogens is 582 g/mol. The number of nitrogens with two attached hydrogens (primary N) is 1. The van der Waals surface area contributed by atoms with Gasteiger partial charge in [-0.1, -0.05) is 24.6 Å². The zero-order valence-electron chi connectivity index (χ0n) is 24.6. The van der Waals surface area contributed by atoms with Crippen LogP contribution >= 0.6 is 11.6 Å². The summed E-state index contributed by atoms with van der Waals surface area (Å²) in [4.78, 5) is 45.8. The summed E-state index contributed by atoms with van der Waals surface area (Å²) < 4.78 is 1.71. The zero-order valence-corrected chi connectivity index (χ0v) is 25.3. The van der Waals surface area contributed by atoms with E-state index in [0.717, 1.165) is 47.4 Å². The number of fused-ring (bicyclic) bond motifs is 2. The van der Waals surface area contributed by atoms with Gasteiger partial charge >= 0.3 is 0 Å². The maximum absolute atomic E-state index is 11.9. The Morgan fingerprint density at radius 3 is 2.70 bits per heavy atom. The van der Waals surface area contributed by atoms with E-state index in [0.29, 0.717) is 53.4 Å². The number of nitrogens with zero attached hydrogens (tertiary/aromatic N) is 5. The number of piperidine rings is 2. The van der Waals surface area contributed by atoms with Crippen molar-refractivity contribution in [1.29, 1.82) is 0 Å². The molecule has 0 saturated carbocycles. The highest BCUT2D eigenvalue weighted by Crippen LogP contribution is 2.32. The van der Waals surface area contributed by atoms with Crippen LogP contribution in [0.3, 0.4) is 0 Å². The van der Waals surface area contributed by atoms with E-state index < -0.39 is 0 Å². The van der Waals surface area contributed by atoms with Crippen molar-refractivity contribution in [2.45, 2.75) is 44.9 Å². The lowest BCUT2D eigenvalue weighted by molar-refractivity contribution is -0.134. The predicted octanol–water partition coefficient (Wildman–Crippen LogP) is 4.28. The molecule has 4 aromatic rings. The first-order chi connectivity index (χ1) is 21.1. The molecule has 44 heavy (non-hydrogen) atoms. The third kappa shape index (κ3) is 6.16. The maximum Gasteiger partial charge on any atom is 0.235 e. The van der Waals surface area contributed by atoms with Crippen molar-refractivity contribution in [2.24, 2.45) is 13.0 Å². The number of nitrogens with one attached hydrogen (secondary N) is 3. The van der Waals surface area contributed by atoms with Gasteiger partial charge in [-0.15, -0.1) is 0 Å². The van der Waals surface area contributed by atoms with Crippen molar-refractivity contribution in [3.63, 3.8) is 0 Å². The number of anilines is 5. The van der Waals surface area contributed by atoms with Crippen molar-refractivity contribution < 1.29 is 14.4 Å². The molecule has 12 nitrogen and oxygen atoms in total. The fraction of sp³-hybridized carbons (Fsp3) is 0.355. The highest BCUT2D eigenvalue weighted by molar-refractivity contribution is 6.33. The minimum Gasteiger partial charge on any atom is -0.399 e. The monoisotopic (exact) mass is 615 g/mol. The molecule has 5 N–H and O–H groups in total. The van der Waals surface area contributed by atoms with Crippen molar-refractivity contribution in [2.75, 3.05) is 34.4 Å². The van der Waals surface area contributed by atoms with Crippen molar-refractivity contribution in [3.05, 3.63) is 58.9 Å². The van der Waals surface area contributed by atoms with Gasteiger partial charge in [-0.2, -0.15) is 10.1 Å². The molecule has 0 spiro atoms. The van der Waals surface area contributed by atoms with Crippen LogP contribution < -0.4 is 26.6 Å². The second-order valence-electron chi connectivity index (χ2n) is 11.6. The lowest BCUT2D eigenvalue weighted by Gasteiger charge is -2.31. The minimum absolute atomic E-state index is 0.0220. The molecular formula is C31H34ClN9O3. The van der Waals surface area contributed by atoms with E-state index in [1.165, 1.54) is 6.42 Å². The van der Waals surface area contributed by atoms with Gasteiger partial charge in [-0.25, -0.2) is 4.98 Å². The summed E-state index contributed by atoms with van der Waals surface area (Å²) in [6, 6.07) is 11.3. The first-order valence-electron chi connectivity index (χ1n) is 14.7. The Bertz CT molecular complexity index is 1770. The number of benzene rings is 2. The average Bonchev–Trinajstić information content (AvgIpc) is 3.52. The van der Waals surface area contributed by atoms with Crippen molar-refractivity contribution in [1.82, 2.24) is 25.1 Å². The second-order valence-corrected chi connectivity index (χ2v) is 12.0. The first-order valence-corrected chi connectivity index (χ1v) is 15.1. The standard InChI is InChI=1S/C18H20ClN5O.C13H14N4O2/c1-11-3-2-6-24(10-11)18-20-9-14(19)17(23-18)21-13-5-4-12-7-16(25)22-15(12)8-13;1-17-10-6-7(14)2-3-8(10)12(16-17)9-4-5-11(18)15-13(9)19/h4-5,8-9,11H,2-3,6-7,10H2,1H3,(H,22,25)(H,20,21,23);2-3,6,9H,4-5,14H2,1H3,(H,15,18,19). The number of halogens is 1. The van der Waals surface area contributed by atoms with Crippen LogP contribution in [0.4, 0.5) is 28.8 Å². The molecule has 2 unspecified atom stereocenters. The highest BCUT2D eigenvalue weighted by Gasteiger charge is 2.31. The smallest absolute Gasteiger partial charge is 0.235 e. The Labute approximate surface area is 259 Å². The molecule has 2 saturated heterocycles. The van der Waals surface area contributed by atoms with Gasteiger partial charge in [0.05, 0.1) is 29.7 Å². The number of rotatable bonds is 4. The normalized spacial score (nSPS) is 19.6. The Kier molecular flexibility index (Phi) is 8.09. The van der Waals surface area contributed by atoms with Gasteiger partial charge in [0.15, 0.2) is 5.82 Å². The second kappa shape index (κ2) is 12.1. The number of hydrogen-bond donors (Lipinski definition) is 4.